The second kappa shape index (κ2) is 10.4. The van der Waals surface area contributed by atoms with Crippen LogP contribution < -0.4 is 15.2 Å². The summed E-state index contributed by atoms with van der Waals surface area (Å²) >= 11 is 0. The second-order valence-corrected chi connectivity index (χ2v) is 7.00. The standard InChI is InChI=1S/C19H31N5O4/c1-3-4-10-28-18-22-16(20)15-17(23-18)24(19(21-15)25-2)8-5-9-27-13-14-6-11-26-12-7-14/h14H,3-13H2,1-2H3,(H2,20,22,23). The number of anilines is 1. The molecule has 3 rings (SSSR count). The third kappa shape index (κ3) is 5.23. The number of aryl methyl sites for hydroxylation is 1. The van der Waals surface area contributed by atoms with Gasteiger partial charge >= 0.3 is 6.01 Å². The van der Waals surface area contributed by atoms with E-state index in [2.05, 4.69) is 21.9 Å². The highest BCUT2D eigenvalue weighted by Gasteiger charge is 2.18. The van der Waals surface area contributed by atoms with Crippen molar-refractivity contribution in [2.75, 3.05) is 45.9 Å². The summed E-state index contributed by atoms with van der Waals surface area (Å²) in [6, 6.07) is 0.740. The normalized spacial score (nSPS) is 15.2. The van der Waals surface area contributed by atoms with Crippen LogP contribution in [0.2, 0.25) is 0 Å². The van der Waals surface area contributed by atoms with E-state index in [1.807, 2.05) is 4.57 Å². The Bertz CT molecular complexity index is 745. The zero-order chi connectivity index (χ0) is 19.8. The Hall–Kier alpha value is -2.13. The summed E-state index contributed by atoms with van der Waals surface area (Å²) in [4.78, 5) is 13.1. The number of hydrogen-bond donors (Lipinski definition) is 1. The molecule has 0 bridgehead atoms. The fourth-order valence-corrected chi connectivity index (χ4v) is 3.20. The summed E-state index contributed by atoms with van der Waals surface area (Å²) in [6.07, 6.45) is 4.96. The van der Waals surface area contributed by atoms with Gasteiger partial charge in [0.2, 0.25) is 0 Å². The molecule has 0 atom stereocenters. The van der Waals surface area contributed by atoms with Gasteiger partial charge in [-0.25, -0.2) is 0 Å². The molecule has 2 aromatic rings. The monoisotopic (exact) mass is 393 g/mol. The number of rotatable bonds is 11. The van der Waals surface area contributed by atoms with Gasteiger partial charge in [0.25, 0.3) is 6.01 Å². The highest BCUT2D eigenvalue weighted by atomic mass is 16.5. The van der Waals surface area contributed by atoms with E-state index >= 15 is 0 Å². The Kier molecular flexibility index (Phi) is 7.67. The van der Waals surface area contributed by atoms with Crippen molar-refractivity contribution in [3.05, 3.63) is 0 Å². The van der Waals surface area contributed by atoms with Crippen LogP contribution >= 0.6 is 0 Å². The van der Waals surface area contributed by atoms with Crippen LogP contribution in [0.5, 0.6) is 12.0 Å². The van der Waals surface area contributed by atoms with Gasteiger partial charge in [-0.05, 0) is 31.6 Å². The van der Waals surface area contributed by atoms with Gasteiger partial charge in [0.1, 0.15) is 0 Å². The van der Waals surface area contributed by atoms with Crippen molar-refractivity contribution < 1.29 is 18.9 Å². The molecule has 0 amide bonds. The molecule has 1 aliphatic heterocycles. The van der Waals surface area contributed by atoms with E-state index in [0.29, 0.717) is 48.7 Å². The Morgan fingerprint density at radius 3 is 2.71 bits per heavy atom. The minimum absolute atomic E-state index is 0.276. The molecule has 2 aromatic heterocycles. The van der Waals surface area contributed by atoms with Crippen LogP contribution in [0.1, 0.15) is 39.0 Å². The molecule has 0 unspecified atom stereocenters. The van der Waals surface area contributed by atoms with Crippen molar-refractivity contribution in [1.29, 1.82) is 0 Å². The molecule has 1 aliphatic rings. The number of nitrogens with zero attached hydrogens (tertiary/aromatic N) is 4. The van der Waals surface area contributed by atoms with Gasteiger partial charge in [-0.3, -0.25) is 4.57 Å². The average molecular weight is 393 g/mol. The number of nitrogens with two attached hydrogens (primary N) is 1. The third-order valence-electron chi connectivity index (χ3n) is 4.84. The van der Waals surface area contributed by atoms with Gasteiger partial charge in [-0.15, -0.1) is 0 Å². The van der Waals surface area contributed by atoms with Gasteiger partial charge in [0.05, 0.1) is 13.7 Å². The highest BCUT2D eigenvalue weighted by molar-refractivity contribution is 5.83. The molecule has 9 nitrogen and oxygen atoms in total. The number of hydrogen-bond acceptors (Lipinski definition) is 8. The summed E-state index contributed by atoms with van der Waals surface area (Å²) in [5.41, 5.74) is 7.22. The first-order valence-electron chi connectivity index (χ1n) is 10.1. The number of ether oxygens (including phenoxy) is 4. The van der Waals surface area contributed by atoms with Gasteiger partial charge in [-0.2, -0.15) is 15.0 Å². The maximum Gasteiger partial charge on any atom is 0.320 e. The molecule has 156 valence electrons. The maximum atomic E-state index is 6.06. The molecule has 0 saturated carbocycles. The largest absolute Gasteiger partial charge is 0.468 e. The first-order valence-corrected chi connectivity index (χ1v) is 10.1. The van der Waals surface area contributed by atoms with E-state index in [1.165, 1.54) is 0 Å². The van der Waals surface area contributed by atoms with Crippen LogP contribution in [0.4, 0.5) is 5.82 Å². The lowest BCUT2D eigenvalue weighted by Crippen LogP contribution is -2.20. The fraction of sp³-hybridized carbons (Fsp3) is 0.737. The van der Waals surface area contributed by atoms with Crippen LogP contribution in [0, 0.1) is 5.92 Å². The average Bonchev–Trinajstić information content (AvgIpc) is 3.07. The Labute approximate surface area is 165 Å². The molecule has 0 radical (unpaired) electrons. The van der Waals surface area contributed by atoms with Crippen molar-refractivity contribution in [3.8, 4) is 12.0 Å². The highest BCUT2D eigenvalue weighted by Crippen LogP contribution is 2.25. The Balaban J connectivity index is 1.61. The number of imidazole rings is 1. The Morgan fingerprint density at radius 2 is 1.96 bits per heavy atom. The molecule has 3 heterocycles. The number of methoxy groups -OCH3 is 1. The lowest BCUT2D eigenvalue weighted by molar-refractivity contribution is 0.0195. The van der Waals surface area contributed by atoms with Crippen LogP contribution in [0.15, 0.2) is 0 Å². The van der Waals surface area contributed by atoms with Gasteiger partial charge in [0.15, 0.2) is 17.0 Å². The predicted octanol–water partition coefficient (Wildman–Crippen LogP) is 2.43. The van der Waals surface area contributed by atoms with Crippen molar-refractivity contribution in [2.45, 2.75) is 45.6 Å². The first kappa shape index (κ1) is 20.6. The van der Waals surface area contributed by atoms with Gasteiger partial charge < -0.3 is 24.7 Å². The summed E-state index contributed by atoms with van der Waals surface area (Å²) < 4.78 is 24.2. The zero-order valence-electron chi connectivity index (χ0n) is 16.9. The fourth-order valence-electron chi connectivity index (χ4n) is 3.20. The minimum Gasteiger partial charge on any atom is -0.468 e. The molecule has 0 spiro atoms. The molecule has 2 N–H and O–H groups in total. The first-order chi connectivity index (χ1) is 13.7. The van der Waals surface area contributed by atoms with Crippen molar-refractivity contribution in [2.24, 2.45) is 5.92 Å². The van der Waals surface area contributed by atoms with E-state index < -0.39 is 0 Å². The molecular formula is C19H31N5O4. The third-order valence-corrected chi connectivity index (χ3v) is 4.84. The van der Waals surface area contributed by atoms with Gasteiger partial charge in [0, 0.05) is 33.0 Å². The Morgan fingerprint density at radius 1 is 1.14 bits per heavy atom. The summed E-state index contributed by atoms with van der Waals surface area (Å²) in [5.74, 6) is 0.900. The topological polar surface area (TPSA) is 107 Å². The predicted molar refractivity (Wildman–Crippen MR) is 106 cm³/mol. The van der Waals surface area contributed by atoms with E-state index in [9.17, 15) is 0 Å². The van der Waals surface area contributed by atoms with E-state index in [-0.39, 0.29) is 6.01 Å². The number of aromatic nitrogens is 4. The molecule has 28 heavy (non-hydrogen) atoms. The second-order valence-electron chi connectivity index (χ2n) is 7.00. The SMILES string of the molecule is CCCCOc1nc(N)c2nc(OC)n(CCCOCC3CCOCC3)c2n1. The lowest BCUT2D eigenvalue weighted by atomic mass is 10.0. The number of fused-ring (bicyclic) bond motifs is 1. The quantitative estimate of drug-likeness (QED) is 0.580. The number of nitrogen functional groups attached to an aromatic ring is 1. The summed E-state index contributed by atoms with van der Waals surface area (Å²) in [6.45, 7) is 6.47. The maximum absolute atomic E-state index is 6.06. The summed E-state index contributed by atoms with van der Waals surface area (Å²) in [7, 11) is 1.58. The van der Waals surface area contributed by atoms with Crippen LogP contribution in [0.25, 0.3) is 11.2 Å². The smallest absolute Gasteiger partial charge is 0.320 e. The molecular weight excluding hydrogens is 362 g/mol. The van der Waals surface area contributed by atoms with Gasteiger partial charge in [-0.1, -0.05) is 13.3 Å². The minimum atomic E-state index is 0.276. The van der Waals surface area contributed by atoms with Crippen molar-refractivity contribution in [3.63, 3.8) is 0 Å². The molecule has 1 fully saturated rings. The molecule has 9 heteroatoms. The van der Waals surface area contributed by atoms with Crippen LogP contribution in [-0.4, -0.2) is 59.7 Å². The van der Waals surface area contributed by atoms with E-state index in [1.54, 1.807) is 7.11 Å². The van der Waals surface area contributed by atoms with E-state index in [4.69, 9.17) is 24.7 Å². The lowest BCUT2D eigenvalue weighted by Gasteiger charge is -2.21. The molecule has 0 aliphatic carbocycles. The van der Waals surface area contributed by atoms with Crippen molar-refractivity contribution >= 4 is 17.0 Å². The summed E-state index contributed by atoms with van der Waals surface area (Å²) in [5, 5.41) is 0. The van der Waals surface area contributed by atoms with Crippen LogP contribution in [-0.2, 0) is 16.0 Å². The zero-order valence-corrected chi connectivity index (χ0v) is 16.9. The van der Waals surface area contributed by atoms with Crippen LogP contribution in [0.3, 0.4) is 0 Å². The van der Waals surface area contributed by atoms with E-state index in [0.717, 1.165) is 51.9 Å². The molecule has 0 aromatic carbocycles. The van der Waals surface area contributed by atoms with Crippen molar-refractivity contribution in [1.82, 2.24) is 19.5 Å². The molecule has 1 saturated heterocycles. The number of unbranched alkanes of at least 4 members (excludes halogenated alkanes) is 1.